The molecule has 1 aromatic rings. The highest BCUT2D eigenvalue weighted by atomic mass is 19.1. The quantitative estimate of drug-likeness (QED) is 0.474. The van der Waals surface area contributed by atoms with E-state index in [0.717, 1.165) is 0 Å². The number of halogens is 1. The number of hydrogen-bond acceptors (Lipinski definition) is 5. The molecule has 1 amide bonds. The largest absolute Gasteiger partial charge is 0.444 e. The van der Waals surface area contributed by atoms with Gasteiger partial charge in [0.15, 0.2) is 5.78 Å². The highest BCUT2D eigenvalue weighted by Crippen LogP contribution is 2.23. The van der Waals surface area contributed by atoms with Gasteiger partial charge in [0.2, 0.25) is 0 Å². The average molecular weight is 350 g/mol. The number of carbonyl (C=O) groups excluding carboxylic acids is 3. The first kappa shape index (κ1) is 18.9. The number of Topliss-reactive ketones (excluding diaryl/α,β-unsaturated/α-hetero) is 1. The zero-order valence-corrected chi connectivity index (χ0v) is 14.8. The van der Waals surface area contributed by atoms with Gasteiger partial charge >= 0.3 is 6.09 Å². The Bertz CT molecular complexity index is 662. The van der Waals surface area contributed by atoms with E-state index in [-0.39, 0.29) is 18.3 Å². The average Bonchev–Trinajstić information content (AvgIpc) is 2.54. The highest BCUT2D eigenvalue weighted by molar-refractivity contribution is 6.03. The molecular formula is C18H23FN2O4. The zero-order chi connectivity index (χ0) is 18.6. The lowest BCUT2D eigenvalue weighted by Gasteiger charge is -2.37. The molecule has 6 nitrogen and oxygen atoms in total. The van der Waals surface area contributed by atoms with Crippen LogP contribution in [0.1, 0.15) is 37.6 Å². The molecule has 136 valence electrons. The van der Waals surface area contributed by atoms with Crippen molar-refractivity contribution in [3.63, 3.8) is 0 Å². The Hall–Kier alpha value is -2.44. The van der Waals surface area contributed by atoms with Gasteiger partial charge in [-0.3, -0.25) is 4.79 Å². The van der Waals surface area contributed by atoms with E-state index in [4.69, 9.17) is 4.74 Å². The van der Waals surface area contributed by atoms with Crippen molar-refractivity contribution in [2.24, 2.45) is 0 Å². The third-order valence-corrected chi connectivity index (χ3v) is 3.81. The van der Waals surface area contributed by atoms with Gasteiger partial charge in [0.05, 0.1) is 12.1 Å². The summed E-state index contributed by atoms with van der Waals surface area (Å²) in [6, 6.07) is 4.07. The van der Waals surface area contributed by atoms with Crippen LogP contribution in [0.15, 0.2) is 18.2 Å². The molecule has 0 aliphatic carbocycles. The van der Waals surface area contributed by atoms with Gasteiger partial charge < -0.3 is 19.3 Å². The molecule has 0 saturated carbocycles. The molecule has 2 rings (SSSR count). The SMILES string of the molecule is CC(C)(C)OC(=O)N1CCN(c2cc(C(=O)CC=O)ccc2F)CC1. The second-order valence-corrected chi connectivity index (χ2v) is 6.91. The number of nitrogens with zero attached hydrogens (tertiary/aromatic N) is 2. The molecule has 1 aromatic carbocycles. The first-order valence-corrected chi connectivity index (χ1v) is 8.20. The van der Waals surface area contributed by atoms with Gasteiger partial charge in [-0.1, -0.05) is 0 Å². The summed E-state index contributed by atoms with van der Waals surface area (Å²) < 4.78 is 19.5. The van der Waals surface area contributed by atoms with E-state index in [1.165, 1.54) is 18.2 Å². The third-order valence-electron chi connectivity index (χ3n) is 3.81. The number of aldehydes is 1. The Kier molecular flexibility index (Phi) is 5.77. The molecule has 1 aliphatic rings. The van der Waals surface area contributed by atoms with Crippen molar-refractivity contribution in [1.29, 1.82) is 0 Å². The van der Waals surface area contributed by atoms with Gasteiger partial charge in [0.25, 0.3) is 0 Å². The van der Waals surface area contributed by atoms with Crippen LogP contribution in [0.3, 0.4) is 0 Å². The van der Waals surface area contributed by atoms with Gasteiger partial charge in [-0.25, -0.2) is 9.18 Å². The molecule has 25 heavy (non-hydrogen) atoms. The van der Waals surface area contributed by atoms with Crippen LogP contribution in [0.5, 0.6) is 0 Å². The summed E-state index contributed by atoms with van der Waals surface area (Å²) in [7, 11) is 0. The van der Waals surface area contributed by atoms with Crippen LogP contribution in [-0.2, 0) is 9.53 Å². The molecule has 1 heterocycles. The summed E-state index contributed by atoms with van der Waals surface area (Å²) in [4.78, 5) is 37.8. The van der Waals surface area contributed by atoms with Crippen LogP contribution >= 0.6 is 0 Å². The summed E-state index contributed by atoms with van der Waals surface area (Å²) in [6.07, 6.45) is -0.0785. The van der Waals surface area contributed by atoms with Crippen molar-refractivity contribution in [2.75, 3.05) is 31.1 Å². The summed E-state index contributed by atoms with van der Waals surface area (Å²) in [5.74, 6) is -0.781. The highest BCUT2D eigenvalue weighted by Gasteiger charge is 2.27. The lowest BCUT2D eigenvalue weighted by atomic mass is 10.1. The molecule has 0 radical (unpaired) electrons. The molecule has 0 unspecified atom stereocenters. The fourth-order valence-corrected chi connectivity index (χ4v) is 2.58. The number of anilines is 1. The number of carbonyl (C=O) groups is 3. The fraction of sp³-hybridized carbons (Fsp3) is 0.500. The molecule has 1 aliphatic heterocycles. The number of hydrogen-bond donors (Lipinski definition) is 0. The number of piperazine rings is 1. The zero-order valence-electron chi connectivity index (χ0n) is 14.8. The van der Waals surface area contributed by atoms with Crippen LogP contribution < -0.4 is 4.90 Å². The Morgan fingerprint density at radius 1 is 1.20 bits per heavy atom. The third kappa shape index (κ3) is 5.01. The topological polar surface area (TPSA) is 66.9 Å². The molecule has 0 atom stereocenters. The van der Waals surface area contributed by atoms with Gasteiger partial charge in [-0.05, 0) is 39.0 Å². The fourth-order valence-electron chi connectivity index (χ4n) is 2.58. The number of amides is 1. The maximum atomic E-state index is 14.2. The minimum atomic E-state index is -0.562. The molecule has 0 aromatic heterocycles. The van der Waals surface area contributed by atoms with E-state index in [0.29, 0.717) is 43.7 Å². The predicted molar refractivity (Wildman–Crippen MR) is 91.4 cm³/mol. The van der Waals surface area contributed by atoms with Crippen molar-refractivity contribution in [2.45, 2.75) is 32.8 Å². The van der Waals surface area contributed by atoms with Gasteiger partial charge in [0, 0.05) is 31.7 Å². The smallest absolute Gasteiger partial charge is 0.410 e. The van der Waals surface area contributed by atoms with Crippen molar-refractivity contribution < 1.29 is 23.5 Å². The number of rotatable bonds is 4. The monoisotopic (exact) mass is 350 g/mol. The maximum Gasteiger partial charge on any atom is 0.410 e. The van der Waals surface area contributed by atoms with Crippen molar-refractivity contribution in [3.8, 4) is 0 Å². The van der Waals surface area contributed by atoms with Gasteiger partial charge in [0.1, 0.15) is 17.7 Å². The molecule has 7 heteroatoms. The second kappa shape index (κ2) is 7.63. The Morgan fingerprint density at radius 2 is 1.84 bits per heavy atom. The first-order valence-electron chi connectivity index (χ1n) is 8.20. The Morgan fingerprint density at radius 3 is 2.40 bits per heavy atom. The predicted octanol–water partition coefficient (Wildman–Crippen LogP) is 2.65. The van der Waals surface area contributed by atoms with E-state index in [2.05, 4.69) is 0 Å². The standard InChI is InChI=1S/C18H23FN2O4/c1-18(2,3)25-17(24)21-9-7-20(8-10-21)15-12-13(4-5-14(15)19)16(23)6-11-22/h4-5,11-12H,6-10H2,1-3H3. The molecule has 1 saturated heterocycles. The lowest BCUT2D eigenvalue weighted by Crippen LogP contribution is -2.50. The molecule has 0 spiro atoms. The summed E-state index contributed by atoms with van der Waals surface area (Å²) in [5.41, 5.74) is 0.0480. The van der Waals surface area contributed by atoms with E-state index in [1.807, 2.05) is 0 Å². The minimum Gasteiger partial charge on any atom is -0.444 e. The van der Waals surface area contributed by atoms with Crippen LogP contribution in [0.2, 0.25) is 0 Å². The van der Waals surface area contributed by atoms with Crippen molar-refractivity contribution >= 4 is 23.9 Å². The van der Waals surface area contributed by atoms with Gasteiger partial charge in [-0.2, -0.15) is 0 Å². The van der Waals surface area contributed by atoms with Crippen LogP contribution in [0.25, 0.3) is 0 Å². The van der Waals surface area contributed by atoms with Crippen LogP contribution in [0.4, 0.5) is 14.9 Å². The number of benzene rings is 1. The van der Waals surface area contributed by atoms with E-state index in [1.54, 1.807) is 30.6 Å². The lowest BCUT2D eigenvalue weighted by molar-refractivity contribution is -0.107. The van der Waals surface area contributed by atoms with E-state index in [9.17, 15) is 18.8 Å². The molecule has 0 bridgehead atoms. The Labute approximate surface area is 146 Å². The summed E-state index contributed by atoms with van der Waals surface area (Å²) in [5, 5.41) is 0. The first-order chi connectivity index (χ1) is 11.7. The maximum absolute atomic E-state index is 14.2. The number of ketones is 1. The van der Waals surface area contributed by atoms with E-state index >= 15 is 0 Å². The number of ether oxygens (including phenoxy) is 1. The van der Waals surface area contributed by atoms with Gasteiger partial charge in [-0.15, -0.1) is 0 Å². The van der Waals surface area contributed by atoms with Crippen molar-refractivity contribution in [1.82, 2.24) is 4.90 Å². The van der Waals surface area contributed by atoms with Crippen LogP contribution in [-0.4, -0.2) is 54.8 Å². The minimum absolute atomic E-state index is 0.225. The Balaban J connectivity index is 2.05. The second-order valence-electron chi connectivity index (χ2n) is 6.91. The molecule has 0 N–H and O–H groups in total. The summed E-state index contributed by atoms with van der Waals surface area (Å²) >= 11 is 0. The van der Waals surface area contributed by atoms with E-state index < -0.39 is 11.4 Å². The molecule has 1 fully saturated rings. The van der Waals surface area contributed by atoms with Crippen LogP contribution in [0, 0.1) is 5.82 Å². The summed E-state index contributed by atoms with van der Waals surface area (Å²) in [6.45, 7) is 7.08. The normalized spacial score (nSPS) is 15.0. The van der Waals surface area contributed by atoms with Crippen molar-refractivity contribution in [3.05, 3.63) is 29.6 Å². The molecular weight excluding hydrogens is 327 g/mol.